The highest BCUT2D eigenvalue weighted by Crippen LogP contribution is 2.20. The predicted octanol–water partition coefficient (Wildman–Crippen LogP) is 1.04. The molecular weight excluding hydrogens is 260 g/mol. The van der Waals surface area contributed by atoms with Crippen molar-refractivity contribution in [1.29, 1.82) is 0 Å². The van der Waals surface area contributed by atoms with E-state index in [-0.39, 0.29) is 12.3 Å². The van der Waals surface area contributed by atoms with E-state index in [4.69, 9.17) is 5.11 Å². The van der Waals surface area contributed by atoms with Crippen LogP contribution >= 0.6 is 0 Å². The molecule has 0 atom stereocenters. The van der Waals surface area contributed by atoms with Crippen LogP contribution in [0.1, 0.15) is 5.56 Å². The number of fused-ring (bicyclic) bond motifs is 1. The van der Waals surface area contributed by atoms with Gasteiger partial charge in [0.15, 0.2) is 0 Å². The highest BCUT2D eigenvalue weighted by Gasteiger charge is 2.14. The first kappa shape index (κ1) is 12.5. The first-order valence-corrected chi connectivity index (χ1v) is 6.73. The molecule has 2 rings (SSSR count). The van der Waals surface area contributed by atoms with Gasteiger partial charge in [0.05, 0.1) is 12.9 Å². The van der Waals surface area contributed by atoms with Crippen LogP contribution in [0.4, 0.5) is 4.79 Å². The fraction of sp³-hybridized carbons (Fsp3) is 0.200. The van der Waals surface area contributed by atoms with Crippen LogP contribution in [0.25, 0.3) is 11.0 Å². The average molecular weight is 270 g/mol. The van der Waals surface area contributed by atoms with Crippen LogP contribution in [-0.4, -0.2) is 35.4 Å². The lowest BCUT2D eigenvalue weighted by molar-refractivity contribution is 0.197. The maximum Gasteiger partial charge on any atom is 0.417 e. The Morgan fingerprint density at radius 2 is 2.28 bits per heavy atom. The van der Waals surface area contributed by atoms with E-state index in [1.807, 2.05) is 0 Å². The van der Waals surface area contributed by atoms with Gasteiger partial charge in [0, 0.05) is 23.3 Å². The highest BCUT2D eigenvalue weighted by molar-refractivity contribution is 7.85. The van der Waals surface area contributed by atoms with Gasteiger partial charge in [-0.1, -0.05) is 0 Å². The monoisotopic (exact) mass is 270 g/mol. The van der Waals surface area contributed by atoms with Crippen molar-refractivity contribution in [3.63, 3.8) is 0 Å². The van der Waals surface area contributed by atoms with E-state index in [0.29, 0.717) is 10.9 Å². The quantitative estimate of drug-likeness (QED) is 0.836. The van der Waals surface area contributed by atoms with E-state index in [1.54, 1.807) is 12.1 Å². The summed E-state index contributed by atoms with van der Waals surface area (Å²) in [5.74, 6) is 0. The molecule has 0 spiro atoms. The summed E-state index contributed by atoms with van der Waals surface area (Å²) in [5.41, 5.74) is 0.697. The molecule has 18 heavy (non-hydrogen) atoms. The van der Waals surface area contributed by atoms with Gasteiger partial charge in [0.2, 0.25) is 0 Å². The molecule has 0 amide bonds. The highest BCUT2D eigenvalue weighted by atomic mass is 32.2. The van der Waals surface area contributed by atoms with Gasteiger partial charge in [-0.15, -0.1) is 0 Å². The third-order valence-corrected chi connectivity index (χ3v) is 2.83. The van der Waals surface area contributed by atoms with Crippen LogP contribution in [0.3, 0.4) is 0 Å². The molecule has 8 heteroatoms. The summed E-state index contributed by atoms with van der Waals surface area (Å²) in [6, 6.07) is 3.29. The number of hydrogen-bond acceptors (Lipinski definition) is 5. The van der Waals surface area contributed by atoms with Crippen LogP contribution in [0.5, 0.6) is 0 Å². The minimum absolute atomic E-state index is 0.221. The molecule has 0 aliphatic rings. The van der Waals surface area contributed by atoms with Crippen LogP contribution in [0.2, 0.25) is 0 Å². The van der Waals surface area contributed by atoms with Crippen molar-refractivity contribution in [2.75, 3.05) is 6.26 Å². The number of hydrogen-bond donors (Lipinski definition) is 1. The van der Waals surface area contributed by atoms with Crippen LogP contribution in [0, 0.1) is 0 Å². The van der Waals surface area contributed by atoms with Gasteiger partial charge in [0.25, 0.3) is 10.1 Å². The molecule has 1 N–H and O–H groups in total. The van der Waals surface area contributed by atoms with E-state index >= 15 is 0 Å². The summed E-state index contributed by atoms with van der Waals surface area (Å²) >= 11 is 0. The lowest BCUT2D eigenvalue weighted by Gasteiger charge is -1.98. The first-order valence-electron chi connectivity index (χ1n) is 4.91. The molecule has 7 nitrogen and oxygen atoms in total. The zero-order chi connectivity index (χ0) is 13.3. The predicted molar refractivity (Wildman–Crippen MR) is 62.8 cm³/mol. The Kier molecular flexibility index (Phi) is 3.05. The Morgan fingerprint density at radius 1 is 1.56 bits per heavy atom. The van der Waals surface area contributed by atoms with Crippen molar-refractivity contribution in [2.24, 2.45) is 0 Å². The van der Waals surface area contributed by atoms with E-state index in [2.05, 4.69) is 9.17 Å². The van der Waals surface area contributed by atoms with Crippen LogP contribution in [0.15, 0.2) is 24.5 Å². The van der Waals surface area contributed by atoms with Gasteiger partial charge in [-0.25, -0.2) is 14.3 Å². The van der Waals surface area contributed by atoms with Crippen molar-refractivity contribution in [2.45, 2.75) is 6.61 Å². The molecule has 0 unspecified atom stereocenters. The normalized spacial score (nSPS) is 11.8. The van der Waals surface area contributed by atoms with Gasteiger partial charge >= 0.3 is 6.09 Å². The van der Waals surface area contributed by atoms with Crippen LogP contribution in [-0.2, 0) is 20.9 Å². The molecule has 0 saturated carbocycles. The maximum absolute atomic E-state index is 11.0. The number of aromatic nitrogens is 2. The van der Waals surface area contributed by atoms with Gasteiger partial charge in [0.1, 0.15) is 5.65 Å². The van der Waals surface area contributed by atoms with Crippen molar-refractivity contribution in [3.05, 3.63) is 30.1 Å². The molecule has 0 radical (unpaired) electrons. The molecule has 0 fully saturated rings. The minimum Gasteiger partial charge on any atom is -0.464 e. The molecule has 0 aliphatic carbocycles. The van der Waals surface area contributed by atoms with Crippen molar-refractivity contribution in [3.8, 4) is 0 Å². The SMILES string of the molecule is CS(=O)(=O)OCc1cn(C(=O)O)c2ncccc12. The van der Waals surface area contributed by atoms with Gasteiger partial charge in [-0.05, 0) is 12.1 Å². The first-order chi connectivity index (χ1) is 8.38. The molecular formula is C10H10N2O5S. The van der Waals surface area contributed by atoms with Gasteiger partial charge < -0.3 is 5.11 Å². The fourth-order valence-electron chi connectivity index (χ4n) is 1.56. The molecule has 0 saturated heterocycles. The standard InChI is InChI=1S/C10H10N2O5S/c1-18(15,16)17-6-7-5-12(10(13)14)9-8(7)3-2-4-11-9/h2-5H,6H2,1H3,(H,13,14). The van der Waals surface area contributed by atoms with E-state index < -0.39 is 16.2 Å². The lowest BCUT2D eigenvalue weighted by atomic mass is 10.2. The number of carboxylic acid groups (broad SMARTS) is 1. The third-order valence-electron chi connectivity index (χ3n) is 2.28. The van der Waals surface area contributed by atoms with Gasteiger partial charge in [-0.2, -0.15) is 8.42 Å². The Bertz CT molecular complexity index is 704. The Balaban J connectivity index is 2.48. The van der Waals surface area contributed by atoms with Crippen molar-refractivity contribution >= 4 is 27.2 Å². The van der Waals surface area contributed by atoms with E-state index in [1.165, 1.54) is 12.4 Å². The second-order valence-corrected chi connectivity index (χ2v) is 5.29. The molecule has 0 aliphatic heterocycles. The molecule has 0 bridgehead atoms. The zero-order valence-corrected chi connectivity index (χ0v) is 10.2. The molecule has 2 aromatic rings. The van der Waals surface area contributed by atoms with E-state index in [9.17, 15) is 13.2 Å². The number of nitrogens with zero attached hydrogens (tertiary/aromatic N) is 2. The number of pyridine rings is 1. The second kappa shape index (κ2) is 4.39. The summed E-state index contributed by atoms with van der Waals surface area (Å²) in [5, 5.41) is 9.53. The topological polar surface area (TPSA) is 98.5 Å². The lowest BCUT2D eigenvalue weighted by Crippen LogP contribution is -2.06. The van der Waals surface area contributed by atoms with E-state index in [0.717, 1.165) is 10.8 Å². The second-order valence-electron chi connectivity index (χ2n) is 3.65. The summed E-state index contributed by atoms with van der Waals surface area (Å²) in [6.45, 7) is -0.221. The van der Waals surface area contributed by atoms with Crippen molar-refractivity contribution < 1.29 is 22.5 Å². The number of carbonyl (C=O) groups is 1. The Labute approximate surface area is 103 Å². The Morgan fingerprint density at radius 3 is 2.89 bits per heavy atom. The molecule has 2 aromatic heterocycles. The summed E-state index contributed by atoms with van der Waals surface area (Å²) in [4.78, 5) is 14.9. The van der Waals surface area contributed by atoms with Gasteiger partial charge in [-0.3, -0.25) is 4.18 Å². The summed E-state index contributed by atoms with van der Waals surface area (Å²) < 4.78 is 27.4. The smallest absolute Gasteiger partial charge is 0.417 e. The summed E-state index contributed by atoms with van der Waals surface area (Å²) in [7, 11) is -3.58. The van der Waals surface area contributed by atoms with Crippen LogP contribution < -0.4 is 0 Å². The fourth-order valence-corrected chi connectivity index (χ4v) is 1.90. The molecule has 96 valence electrons. The molecule has 0 aromatic carbocycles. The maximum atomic E-state index is 11.0. The average Bonchev–Trinajstić information content (AvgIpc) is 2.64. The Hall–Kier alpha value is -1.93. The minimum atomic E-state index is -3.58. The zero-order valence-electron chi connectivity index (χ0n) is 9.40. The molecule has 2 heterocycles. The van der Waals surface area contributed by atoms with Crippen molar-refractivity contribution in [1.82, 2.24) is 9.55 Å². The third kappa shape index (κ3) is 2.49. The summed E-state index contributed by atoms with van der Waals surface area (Å²) in [6.07, 6.45) is 2.50. The largest absolute Gasteiger partial charge is 0.464 e. The number of rotatable bonds is 3.